The molecule has 2 aromatic rings. The van der Waals surface area contributed by atoms with Gasteiger partial charge in [-0.25, -0.2) is 4.98 Å². The standard InChI is InChI=1S/C16H20N2O3/c1-4-18(16(20)15-12(3)21-10-17-15)9-14(19)13-7-5-11(2)6-8-13/h5-8,10,14,19H,4,9H2,1-3H3. The molecule has 0 aliphatic carbocycles. The van der Waals surface area contributed by atoms with E-state index in [2.05, 4.69) is 4.98 Å². The van der Waals surface area contributed by atoms with Crippen molar-refractivity contribution in [1.29, 1.82) is 0 Å². The molecule has 1 aromatic carbocycles. The molecule has 1 heterocycles. The number of oxazole rings is 1. The molecule has 0 saturated heterocycles. The van der Waals surface area contributed by atoms with E-state index in [4.69, 9.17) is 4.42 Å². The molecular formula is C16H20N2O3. The summed E-state index contributed by atoms with van der Waals surface area (Å²) in [7, 11) is 0. The number of aryl methyl sites for hydroxylation is 2. The number of hydrogen-bond donors (Lipinski definition) is 1. The molecule has 0 aliphatic heterocycles. The fourth-order valence-corrected chi connectivity index (χ4v) is 2.12. The van der Waals surface area contributed by atoms with Crippen LogP contribution in [-0.4, -0.2) is 34.0 Å². The summed E-state index contributed by atoms with van der Waals surface area (Å²) in [5.41, 5.74) is 2.23. The van der Waals surface area contributed by atoms with Gasteiger partial charge in [-0.15, -0.1) is 0 Å². The summed E-state index contributed by atoms with van der Waals surface area (Å²) in [4.78, 5) is 17.9. The van der Waals surface area contributed by atoms with Gasteiger partial charge in [0.25, 0.3) is 5.91 Å². The first-order valence-electron chi connectivity index (χ1n) is 6.97. The molecule has 0 spiro atoms. The van der Waals surface area contributed by atoms with Crippen LogP contribution in [0.3, 0.4) is 0 Å². The Balaban J connectivity index is 2.10. The molecule has 0 fully saturated rings. The van der Waals surface area contributed by atoms with Gasteiger partial charge in [-0.3, -0.25) is 4.79 Å². The summed E-state index contributed by atoms with van der Waals surface area (Å²) in [6.45, 7) is 6.28. The molecule has 1 atom stereocenters. The molecule has 0 radical (unpaired) electrons. The van der Waals surface area contributed by atoms with Gasteiger partial charge in [-0.05, 0) is 26.3 Å². The van der Waals surface area contributed by atoms with Crippen LogP contribution < -0.4 is 0 Å². The third-order valence-corrected chi connectivity index (χ3v) is 3.47. The lowest BCUT2D eigenvalue weighted by Crippen LogP contribution is -2.35. The molecule has 21 heavy (non-hydrogen) atoms. The first-order chi connectivity index (χ1) is 10.0. The predicted octanol–water partition coefficient (Wildman–Crippen LogP) is 2.49. The van der Waals surface area contributed by atoms with Crippen LogP contribution in [0.4, 0.5) is 0 Å². The average molecular weight is 288 g/mol. The first-order valence-corrected chi connectivity index (χ1v) is 6.97. The number of benzene rings is 1. The maximum absolute atomic E-state index is 12.4. The zero-order valence-electron chi connectivity index (χ0n) is 12.5. The molecule has 0 aliphatic rings. The van der Waals surface area contributed by atoms with E-state index in [0.29, 0.717) is 18.0 Å². The van der Waals surface area contributed by atoms with Crippen LogP contribution in [0.25, 0.3) is 0 Å². The number of aromatic nitrogens is 1. The second-order valence-electron chi connectivity index (χ2n) is 5.03. The summed E-state index contributed by atoms with van der Waals surface area (Å²) in [5.74, 6) is 0.262. The number of carbonyl (C=O) groups is 1. The molecule has 5 nitrogen and oxygen atoms in total. The molecule has 5 heteroatoms. The van der Waals surface area contributed by atoms with E-state index in [1.54, 1.807) is 11.8 Å². The smallest absolute Gasteiger partial charge is 0.276 e. The number of rotatable bonds is 5. The number of amides is 1. The van der Waals surface area contributed by atoms with Gasteiger partial charge in [0.15, 0.2) is 12.1 Å². The van der Waals surface area contributed by atoms with Crippen LogP contribution in [0.5, 0.6) is 0 Å². The third-order valence-electron chi connectivity index (χ3n) is 3.47. The normalized spacial score (nSPS) is 12.2. The lowest BCUT2D eigenvalue weighted by atomic mass is 10.1. The van der Waals surface area contributed by atoms with Crippen LogP contribution in [0.15, 0.2) is 35.1 Å². The van der Waals surface area contributed by atoms with Crippen LogP contribution in [0.2, 0.25) is 0 Å². The van der Waals surface area contributed by atoms with E-state index < -0.39 is 6.10 Å². The fraction of sp³-hybridized carbons (Fsp3) is 0.375. The predicted molar refractivity (Wildman–Crippen MR) is 79.0 cm³/mol. The van der Waals surface area contributed by atoms with Crippen LogP contribution in [0, 0.1) is 13.8 Å². The van der Waals surface area contributed by atoms with Gasteiger partial charge in [-0.2, -0.15) is 0 Å². The Morgan fingerprint density at radius 1 is 1.33 bits per heavy atom. The molecule has 112 valence electrons. The second-order valence-corrected chi connectivity index (χ2v) is 5.03. The Hall–Kier alpha value is -2.14. The molecule has 1 amide bonds. The number of hydrogen-bond acceptors (Lipinski definition) is 4. The van der Waals surface area contributed by atoms with Crippen molar-refractivity contribution in [2.24, 2.45) is 0 Å². The van der Waals surface area contributed by atoms with E-state index >= 15 is 0 Å². The van der Waals surface area contributed by atoms with Crippen molar-refractivity contribution in [3.05, 3.63) is 53.2 Å². The van der Waals surface area contributed by atoms with Gasteiger partial charge in [0.05, 0.1) is 12.6 Å². The number of likely N-dealkylation sites (N-methyl/N-ethyl adjacent to an activating group) is 1. The highest BCUT2D eigenvalue weighted by Crippen LogP contribution is 2.17. The minimum Gasteiger partial charge on any atom is -0.448 e. The minimum absolute atomic E-state index is 0.227. The zero-order chi connectivity index (χ0) is 15.4. The first kappa shape index (κ1) is 15.3. The Bertz CT molecular complexity index is 604. The van der Waals surface area contributed by atoms with E-state index in [-0.39, 0.29) is 12.5 Å². The summed E-state index contributed by atoms with van der Waals surface area (Å²) >= 11 is 0. The van der Waals surface area contributed by atoms with Crippen molar-refractivity contribution in [2.75, 3.05) is 13.1 Å². The number of aliphatic hydroxyl groups excluding tert-OH is 1. The number of nitrogens with zero attached hydrogens (tertiary/aromatic N) is 2. The van der Waals surface area contributed by atoms with Crippen molar-refractivity contribution >= 4 is 5.91 Å². The Morgan fingerprint density at radius 2 is 2.00 bits per heavy atom. The topological polar surface area (TPSA) is 66.6 Å². The highest BCUT2D eigenvalue weighted by Gasteiger charge is 2.22. The van der Waals surface area contributed by atoms with Gasteiger partial charge < -0.3 is 14.4 Å². The third kappa shape index (κ3) is 3.49. The average Bonchev–Trinajstić information content (AvgIpc) is 2.90. The van der Waals surface area contributed by atoms with E-state index in [1.165, 1.54) is 6.39 Å². The minimum atomic E-state index is -0.721. The van der Waals surface area contributed by atoms with Crippen LogP contribution in [0.1, 0.15) is 40.4 Å². The molecular weight excluding hydrogens is 268 g/mol. The maximum Gasteiger partial charge on any atom is 0.276 e. The highest BCUT2D eigenvalue weighted by molar-refractivity contribution is 5.93. The largest absolute Gasteiger partial charge is 0.448 e. The molecule has 0 saturated carbocycles. The fourth-order valence-electron chi connectivity index (χ4n) is 2.12. The van der Waals surface area contributed by atoms with Gasteiger partial charge in [-0.1, -0.05) is 29.8 Å². The second kappa shape index (κ2) is 6.54. The van der Waals surface area contributed by atoms with Crippen molar-refractivity contribution in [1.82, 2.24) is 9.88 Å². The summed E-state index contributed by atoms with van der Waals surface area (Å²) in [6.07, 6.45) is 0.536. The van der Waals surface area contributed by atoms with E-state index in [9.17, 15) is 9.90 Å². The Kier molecular flexibility index (Phi) is 4.75. The quantitative estimate of drug-likeness (QED) is 0.918. The summed E-state index contributed by atoms with van der Waals surface area (Å²) in [6, 6.07) is 7.64. The lowest BCUT2D eigenvalue weighted by molar-refractivity contribution is 0.0628. The number of aliphatic hydroxyl groups is 1. The molecule has 1 N–H and O–H groups in total. The van der Waals surface area contributed by atoms with Crippen molar-refractivity contribution in [3.8, 4) is 0 Å². The maximum atomic E-state index is 12.4. The molecule has 1 aromatic heterocycles. The molecule has 0 bridgehead atoms. The van der Waals surface area contributed by atoms with Crippen LogP contribution >= 0.6 is 0 Å². The Morgan fingerprint density at radius 3 is 2.52 bits per heavy atom. The Labute approximate surface area is 124 Å². The van der Waals surface area contributed by atoms with Gasteiger partial charge >= 0.3 is 0 Å². The number of carbonyl (C=O) groups excluding carboxylic acids is 1. The molecule has 2 rings (SSSR count). The SMILES string of the molecule is CCN(CC(O)c1ccc(C)cc1)C(=O)c1ncoc1C. The van der Waals surface area contributed by atoms with Gasteiger partial charge in [0.2, 0.25) is 0 Å². The van der Waals surface area contributed by atoms with Gasteiger partial charge in [0, 0.05) is 6.54 Å². The van der Waals surface area contributed by atoms with Crippen molar-refractivity contribution < 1.29 is 14.3 Å². The summed E-state index contributed by atoms with van der Waals surface area (Å²) < 4.78 is 5.06. The van der Waals surface area contributed by atoms with E-state index in [1.807, 2.05) is 38.1 Å². The van der Waals surface area contributed by atoms with Gasteiger partial charge in [0.1, 0.15) is 5.76 Å². The zero-order valence-corrected chi connectivity index (χ0v) is 12.5. The van der Waals surface area contributed by atoms with Crippen LogP contribution in [-0.2, 0) is 0 Å². The van der Waals surface area contributed by atoms with Crippen molar-refractivity contribution in [3.63, 3.8) is 0 Å². The summed E-state index contributed by atoms with van der Waals surface area (Å²) in [5, 5.41) is 10.3. The highest BCUT2D eigenvalue weighted by atomic mass is 16.3. The monoisotopic (exact) mass is 288 g/mol. The molecule has 1 unspecified atom stereocenters. The lowest BCUT2D eigenvalue weighted by Gasteiger charge is -2.23. The van der Waals surface area contributed by atoms with E-state index in [0.717, 1.165) is 11.1 Å². The van der Waals surface area contributed by atoms with Crippen molar-refractivity contribution in [2.45, 2.75) is 26.9 Å².